The van der Waals surface area contributed by atoms with Crippen LogP contribution >= 0.6 is 15.9 Å². The van der Waals surface area contributed by atoms with Crippen LogP contribution in [-0.4, -0.2) is 9.75 Å². The van der Waals surface area contributed by atoms with Crippen molar-refractivity contribution in [3.8, 4) is 0 Å². The third-order valence-corrected chi connectivity index (χ3v) is 4.10. The largest absolute Gasteiger partial charge is 0.423 e. The molecule has 0 saturated carbocycles. The van der Waals surface area contributed by atoms with Gasteiger partial charge in [-0.2, -0.15) is 13.2 Å². The second-order valence-electron chi connectivity index (χ2n) is 4.57. The van der Waals surface area contributed by atoms with Crippen molar-refractivity contribution < 1.29 is 18.1 Å². The van der Waals surface area contributed by atoms with E-state index in [4.69, 9.17) is 0 Å². The highest BCUT2D eigenvalue weighted by molar-refractivity contribution is 9.09. The molecule has 0 aliphatic carbocycles. The Kier molecular flexibility index (Phi) is 4.95. The van der Waals surface area contributed by atoms with E-state index in [0.29, 0.717) is 12.0 Å². The topological polar surface area (TPSA) is 43.1 Å². The highest BCUT2D eigenvalue weighted by atomic mass is 79.9. The Hall–Kier alpha value is -1.11. The summed E-state index contributed by atoms with van der Waals surface area (Å²) in [5, 5.41) is 10.6. The molecule has 106 valence electrons. The highest BCUT2D eigenvalue weighted by Gasteiger charge is 2.38. The molecule has 0 aliphatic rings. The lowest BCUT2D eigenvalue weighted by molar-refractivity contribution is -0.388. The van der Waals surface area contributed by atoms with Crippen LogP contribution in [-0.2, 0) is 12.6 Å². The molecule has 1 atom stereocenters. The quantitative estimate of drug-likeness (QED) is 0.458. The molecule has 0 amide bonds. The molecule has 1 rings (SSSR count). The van der Waals surface area contributed by atoms with Gasteiger partial charge >= 0.3 is 6.18 Å². The zero-order valence-electron chi connectivity index (χ0n) is 10.4. The summed E-state index contributed by atoms with van der Waals surface area (Å²) in [6.45, 7) is 3.88. The van der Waals surface area contributed by atoms with Crippen LogP contribution in [0.2, 0.25) is 0 Å². The van der Waals surface area contributed by atoms with E-state index in [9.17, 15) is 23.3 Å². The van der Waals surface area contributed by atoms with Crippen molar-refractivity contribution in [3.63, 3.8) is 0 Å². The van der Waals surface area contributed by atoms with Gasteiger partial charge in [-0.25, -0.2) is 0 Å². The fourth-order valence-corrected chi connectivity index (χ4v) is 1.93. The number of hydrogen-bond donors (Lipinski definition) is 0. The maximum absolute atomic E-state index is 12.8. The van der Waals surface area contributed by atoms with Crippen LogP contribution in [0.3, 0.4) is 0 Å². The van der Waals surface area contributed by atoms with Crippen molar-refractivity contribution in [1.82, 2.24) is 0 Å². The van der Waals surface area contributed by atoms with Crippen LogP contribution < -0.4 is 0 Å². The van der Waals surface area contributed by atoms with E-state index >= 15 is 0 Å². The Morgan fingerprint density at radius 3 is 2.37 bits per heavy atom. The Labute approximate surface area is 117 Å². The van der Waals surface area contributed by atoms with Crippen LogP contribution in [0.1, 0.15) is 25.0 Å². The van der Waals surface area contributed by atoms with E-state index in [1.807, 2.05) is 13.8 Å². The monoisotopic (exact) mass is 339 g/mol. The molecular weight excluding hydrogens is 327 g/mol. The summed E-state index contributed by atoms with van der Waals surface area (Å²) in [7, 11) is 0. The van der Waals surface area contributed by atoms with Gasteiger partial charge < -0.3 is 0 Å². The van der Waals surface area contributed by atoms with Gasteiger partial charge in [0.05, 0.1) is 4.92 Å². The first-order valence-corrected chi connectivity index (χ1v) is 6.53. The van der Waals surface area contributed by atoms with Gasteiger partial charge in [0.1, 0.15) is 5.56 Å². The van der Waals surface area contributed by atoms with Crippen LogP contribution in [0.4, 0.5) is 18.9 Å². The van der Waals surface area contributed by atoms with E-state index in [-0.39, 0.29) is 10.7 Å². The van der Waals surface area contributed by atoms with Crippen LogP contribution in [0, 0.1) is 16.0 Å². The second kappa shape index (κ2) is 5.90. The smallest absolute Gasteiger partial charge is 0.258 e. The van der Waals surface area contributed by atoms with Crippen molar-refractivity contribution in [3.05, 3.63) is 39.4 Å². The number of nitrogens with zero attached hydrogens (tertiary/aromatic N) is 1. The molecule has 0 radical (unpaired) electrons. The van der Waals surface area contributed by atoms with E-state index < -0.39 is 22.4 Å². The van der Waals surface area contributed by atoms with Gasteiger partial charge in [0.25, 0.3) is 5.69 Å². The Morgan fingerprint density at radius 1 is 1.37 bits per heavy atom. The Morgan fingerprint density at radius 2 is 1.95 bits per heavy atom. The van der Waals surface area contributed by atoms with Gasteiger partial charge in [-0.3, -0.25) is 10.1 Å². The Balaban J connectivity index is 3.16. The molecule has 0 heterocycles. The minimum Gasteiger partial charge on any atom is -0.258 e. The molecule has 19 heavy (non-hydrogen) atoms. The van der Waals surface area contributed by atoms with Crippen molar-refractivity contribution in [2.75, 3.05) is 0 Å². The van der Waals surface area contributed by atoms with E-state index in [0.717, 1.165) is 12.1 Å². The summed E-state index contributed by atoms with van der Waals surface area (Å²) in [5.41, 5.74) is -1.68. The van der Waals surface area contributed by atoms with Crippen molar-refractivity contribution in [2.24, 2.45) is 5.92 Å². The molecule has 0 N–H and O–H groups in total. The van der Waals surface area contributed by atoms with Crippen LogP contribution in [0.25, 0.3) is 0 Å². The van der Waals surface area contributed by atoms with Crippen molar-refractivity contribution >= 4 is 21.6 Å². The first-order valence-electron chi connectivity index (χ1n) is 5.61. The lowest BCUT2D eigenvalue weighted by Crippen LogP contribution is -2.13. The second-order valence-corrected chi connectivity index (χ2v) is 5.75. The summed E-state index contributed by atoms with van der Waals surface area (Å²) in [6, 6.07) is 3.14. The van der Waals surface area contributed by atoms with Gasteiger partial charge in [0.2, 0.25) is 0 Å². The van der Waals surface area contributed by atoms with Gasteiger partial charge in [0, 0.05) is 10.9 Å². The highest BCUT2D eigenvalue weighted by Crippen LogP contribution is 2.37. The lowest BCUT2D eigenvalue weighted by Gasteiger charge is -2.15. The summed E-state index contributed by atoms with van der Waals surface area (Å²) >= 11 is 3.39. The standard InChI is InChI=1S/C12H13BrF3NO2/c1-7(2)10(13)6-8-3-4-11(17(18)19)9(5-8)12(14,15)16/h3-5,7,10H,6H2,1-2H3. The summed E-state index contributed by atoms with van der Waals surface area (Å²) in [6.07, 6.45) is -4.34. The van der Waals surface area contributed by atoms with Gasteiger partial charge in [-0.15, -0.1) is 0 Å². The third-order valence-electron chi connectivity index (χ3n) is 2.72. The molecule has 0 bridgehead atoms. The van der Waals surface area contributed by atoms with Gasteiger partial charge in [-0.1, -0.05) is 35.8 Å². The molecule has 0 aromatic heterocycles. The molecule has 0 aliphatic heterocycles. The average molecular weight is 340 g/mol. The SMILES string of the molecule is CC(C)C(Br)Cc1ccc([N+](=O)[O-])c(C(F)(F)F)c1. The van der Waals surface area contributed by atoms with E-state index in [1.165, 1.54) is 6.07 Å². The van der Waals surface area contributed by atoms with Crippen molar-refractivity contribution in [1.29, 1.82) is 0 Å². The van der Waals surface area contributed by atoms with Crippen LogP contribution in [0.15, 0.2) is 18.2 Å². The van der Waals surface area contributed by atoms with Crippen LogP contribution in [0.5, 0.6) is 0 Å². The molecule has 1 unspecified atom stereocenters. The zero-order valence-corrected chi connectivity index (χ0v) is 12.0. The minimum absolute atomic E-state index is 0.0232. The number of nitro benzene ring substituents is 1. The molecule has 7 heteroatoms. The molecule has 1 aromatic carbocycles. The maximum Gasteiger partial charge on any atom is 0.423 e. The van der Waals surface area contributed by atoms with Gasteiger partial charge in [-0.05, 0) is 24.0 Å². The molecule has 1 aromatic rings. The minimum atomic E-state index is -4.72. The molecule has 0 fully saturated rings. The normalized spacial score (nSPS) is 13.6. The fraction of sp³-hybridized carbons (Fsp3) is 0.500. The first kappa shape index (κ1) is 15.9. The number of halogens is 4. The predicted octanol–water partition coefficient (Wildman–Crippen LogP) is 4.58. The Bertz CT molecular complexity index is 475. The average Bonchev–Trinajstić information content (AvgIpc) is 2.27. The number of nitro groups is 1. The van der Waals surface area contributed by atoms with E-state index in [1.54, 1.807) is 0 Å². The summed E-state index contributed by atoms with van der Waals surface area (Å²) in [5.74, 6) is 0.254. The first-order chi connectivity index (χ1) is 8.62. The van der Waals surface area contributed by atoms with Crippen molar-refractivity contribution in [2.45, 2.75) is 31.3 Å². The molecular formula is C12H13BrF3NO2. The molecule has 0 saturated heterocycles. The van der Waals surface area contributed by atoms with Gasteiger partial charge in [0.15, 0.2) is 0 Å². The number of rotatable bonds is 4. The molecule has 3 nitrogen and oxygen atoms in total. The lowest BCUT2D eigenvalue weighted by atomic mass is 10.00. The molecule has 0 spiro atoms. The maximum atomic E-state index is 12.8. The number of alkyl halides is 4. The zero-order chi connectivity index (χ0) is 14.8. The number of hydrogen-bond acceptors (Lipinski definition) is 2. The third kappa shape index (κ3) is 4.19. The summed E-state index contributed by atoms with van der Waals surface area (Å²) in [4.78, 5) is 9.62. The summed E-state index contributed by atoms with van der Waals surface area (Å²) < 4.78 is 38.3. The predicted molar refractivity (Wildman–Crippen MR) is 69.4 cm³/mol. The van der Waals surface area contributed by atoms with E-state index in [2.05, 4.69) is 15.9 Å². The number of benzene rings is 1. The fourth-order valence-electron chi connectivity index (χ4n) is 1.56.